The van der Waals surface area contributed by atoms with Crippen LogP contribution in [-0.2, 0) is 6.42 Å². The molecule has 1 saturated carbocycles. The second kappa shape index (κ2) is 4.80. The van der Waals surface area contributed by atoms with Crippen molar-refractivity contribution in [2.24, 2.45) is 17.6 Å². The monoisotopic (exact) mass is 203 g/mol. The molecule has 0 amide bonds. The predicted octanol–water partition coefficient (Wildman–Crippen LogP) is 2.91. The molecule has 0 spiro atoms. The van der Waals surface area contributed by atoms with Gasteiger partial charge in [-0.1, -0.05) is 49.1 Å². The smallest absolute Gasteiger partial charge is 0.00430 e. The molecule has 0 aromatic heterocycles. The molecule has 0 heterocycles. The van der Waals surface area contributed by atoms with Gasteiger partial charge in [-0.3, -0.25) is 0 Å². The lowest BCUT2D eigenvalue weighted by Gasteiger charge is -2.33. The quantitative estimate of drug-likeness (QED) is 0.800. The van der Waals surface area contributed by atoms with E-state index in [1.807, 2.05) is 0 Å². The molecule has 0 radical (unpaired) electrons. The lowest BCUT2D eigenvalue weighted by atomic mass is 9.73. The molecule has 1 unspecified atom stereocenters. The lowest BCUT2D eigenvalue weighted by molar-refractivity contribution is 0.209. The van der Waals surface area contributed by atoms with Gasteiger partial charge in [0.1, 0.15) is 0 Å². The van der Waals surface area contributed by atoms with Crippen LogP contribution in [0.3, 0.4) is 0 Å². The zero-order valence-electron chi connectivity index (χ0n) is 9.58. The molecule has 2 N–H and O–H groups in total. The Kier molecular flexibility index (Phi) is 3.42. The fraction of sp³-hybridized carbons (Fsp3) is 0.571. The molecule has 0 aliphatic heterocycles. The van der Waals surface area contributed by atoms with Crippen molar-refractivity contribution in [3.8, 4) is 0 Å². The molecule has 1 aromatic carbocycles. The third-order valence-corrected chi connectivity index (χ3v) is 3.70. The van der Waals surface area contributed by atoms with Crippen LogP contribution in [0.1, 0.15) is 30.4 Å². The molecule has 15 heavy (non-hydrogen) atoms. The summed E-state index contributed by atoms with van der Waals surface area (Å²) in [6, 6.07) is 8.83. The van der Waals surface area contributed by atoms with E-state index >= 15 is 0 Å². The van der Waals surface area contributed by atoms with Gasteiger partial charge in [0.15, 0.2) is 0 Å². The van der Waals surface area contributed by atoms with Gasteiger partial charge in [0.2, 0.25) is 0 Å². The summed E-state index contributed by atoms with van der Waals surface area (Å²) in [7, 11) is 0. The second-order valence-electron chi connectivity index (χ2n) is 4.88. The minimum Gasteiger partial charge on any atom is -0.330 e. The number of hydrogen-bond acceptors (Lipinski definition) is 1. The summed E-state index contributed by atoms with van der Waals surface area (Å²) in [4.78, 5) is 0. The molecule has 1 atom stereocenters. The molecule has 2 rings (SSSR count). The van der Waals surface area contributed by atoms with E-state index < -0.39 is 0 Å². The van der Waals surface area contributed by atoms with Crippen molar-refractivity contribution in [3.05, 3.63) is 35.4 Å². The molecular weight excluding hydrogens is 182 g/mol. The van der Waals surface area contributed by atoms with Gasteiger partial charge >= 0.3 is 0 Å². The first kappa shape index (κ1) is 10.7. The van der Waals surface area contributed by atoms with Gasteiger partial charge in [0.05, 0.1) is 0 Å². The third-order valence-electron chi connectivity index (χ3n) is 3.70. The summed E-state index contributed by atoms with van der Waals surface area (Å²) in [5.41, 5.74) is 8.68. The highest BCUT2D eigenvalue weighted by molar-refractivity contribution is 5.22. The third kappa shape index (κ3) is 2.60. The maximum absolute atomic E-state index is 5.87. The summed E-state index contributed by atoms with van der Waals surface area (Å²) < 4.78 is 0. The Bertz CT molecular complexity index is 315. The normalized spacial score (nSPS) is 18.5. The lowest BCUT2D eigenvalue weighted by Crippen LogP contribution is -2.30. The summed E-state index contributed by atoms with van der Waals surface area (Å²) in [6.07, 6.45) is 5.37. The molecule has 82 valence electrons. The Hall–Kier alpha value is -0.820. The zero-order valence-corrected chi connectivity index (χ0v) is 9.58. The number of aryl methyl sites for hydroxylation is 1. The fourth-order valence-electron chi connectivity index (χ4n) is 2.50. The molecule has 1 nitrogen and oxygen atoms in total. The molecule has 0 saturated heterocycles. The minimum absolute atomic E-state index is 0.709. The fourth-order valence-corrected chi connectivity index (χ4v) is 2.50. The highest BCUT2D eigenvalue weighted by Gasteiger charge is 2.26. The van der Waals surface area contributed by atoms with Gasteiger partial charge in [0, 0.05) is 0 Å². The molecule has 1 aliphatic rings. The van der Waals surface area contributed by atoms with Crippen LogP contribution in [0, 0.1) is 18.8 Å². The van der Waals surface area contributed by atoms with Crippen LogP contribution in [0.2, 0.25) is 0 Å². The number of hydrogen-bond donors (Lipinski definition) is 1. The van der Waals surface area contributed by atoms with E-state index in [-0.39, 0.29) is 0 Å². The van der Waals surface area contributed by atoms with Crippen molar-refractivity contribution in [1.29, 1.82) is 0 Å². The van der Waals surface area contributed by atoms with E-state index in [1.54, 1.807) is 0 Å². The first-order valence-corrected chi connectivity index (χ1v) is 6.05. The summed E-state index contributed by atoms with van der Waals surface area (Å²) in [6.45, 7) is 3.00. The SMILES string of the molecule is Cc1cccc(CC(CN)C2CCC2)c1. The van der Waals surface area contributed by atoms with E-state index in [0.717, 1.165) is 12.5 Å². The van der Waals surface area contributed by atoms with Gasteiger partial charge in [-0.15, -0.1) is 0 Å². The van der Waals surface area contributed by atoms with Gasteiger partial charge in [-0.2, -0.15) is 0 Å². The van der Waals surface area contributed by atoms with E-state index in [2.05, 4.69) is 31.2 Å². The molecule has 1 aromatic rings. The average molecular weight is 203 g/mol. The Labute approximate surface area is 92.7 Å². The van der Waals surface area contributed by atoms with Crippen LogP contribution in [0.25, 0.3) is 0 Å². The van der Waals surface area contributed by atoms with Crippen LogP contribution in [0.5, 0.6) is 0 Å². The second-order valence-corrected chi connectivity index (χ2v) is 4.88. The van der Waals surface area contributed by atoms with Crippen molar-refractivity contribution in [3.63, 3.8) is 0 Å². The topological polar surface area (TPSA) is 26.0 Å². The predicted molar refractivity (Wildman–Crippen MR) is 64.8 cm³/mol. The average Bonchev–Trinajstić information content (AvgIpc) is 2.14. The van der Waals surface area contributed by atoms with Crippen molar-refractivity contribution < 1.29 is 0 Å². The molecule has 1 fully saturated rings. The maximum atomic E-state index is 5.87. The first-order valence-electron chi connectivity index (χ1n) is 6.05. The summed E-state index contributed by atoms with van der Waals surface area (Å²) >= 11 is 0. The standard InChI is InChI=1S/C14H21N/c1-11-4-2-5-12(8-11)9-14(10-15)13-6-3-7-13/h2,4-5,8,13-14H,3,6-7,9-10,15H2,1H3. The number of benzene rings is 1. The van der Waals surface area contributed by atoms with Crippen molar-refractivity contribution in [1.82, 2.24) is 0 Å². The number of rotatable bonds is 4. The van der Waals surface area contributed by atoms with Gasteiger partial charge in [-0.05, 0) is 37.3 Å². The van der Waals surface area contributed by atoms with E-state index in [9.17, 15) is 0 Å². The van der Waals surface area contributed by atoms with Gasteiger partial charge < -0.3 is 5.73 Å². The molecule has 1 aliphatic carbocycles. The summed E-state index contributed by atoms with van der Waals surface area (Å²) in [5.74, 6) is 1.61. The van der Waals surface area contributed by atoms with Crippen molar-refractivity contribution >= 4 is 0 Å². The largest absolute Gasteiger partial charge is 0.330 e. The Morgan fingerprint density at radius 2 is 2.20 bits per heavy atom. The maximum Gasteiger partial charge on any atom is -0.00430 e. The van der Waals surface area contributed by atoms with Crippen LogP contribution in [0.15, 0.2) is 24.3 Å². The van der Waals surface area contributed by atoms with Gasteiger partial charge in [0.25, 0.3) is 0 Å². The number of nitrogens with two attached hydrogens (primary N) is 1. The summed E-state index contributed by atoms with van der Waals surface area (Å²) in [5, 5.41) is 0. The Morgan fingerprint density at radius 1 is 1.40 bits per heavy atom. The van der Waals surface area contributed by atoms with Crippen LogP contribution in [0.4, 0.5) is 0 Å². The minimum atomic E-state index is 0.709. The Balaban J connectivity index is 1.99. The van der Waals surface area contributed by atoms with E-state index in [1.165, 1.54) is 36.8 Å². The molecular formula is C14H21N. The van der Waals surface area contributed by atoms with E-state index in [0.29, 0.717) is 5.92 Å². The zero-order chi connectivity index (χ0) is 10.7. The highest BCUT2D eigenvalue weighted by Crippen LogP contribution is 2.34. The van der Waals surface area contributed by atoms with Crippen LogP contribution in [-0.4, -0.2) is 6.54 Å². The van der Waals surface area contributed by atoms with Crippen molar-refractivity contribution in [2.45, 2.75) is 32.6 Å². The van der Waals surface area contributed by atoms with Crippen LogP contribution < -0.4 is 5.73 Å². The van der Waals surface area contributed by atoms with Crippen molar-refractivity contribution in [2.75, 3.05) is 6.54 Å². The highest BCUT2D eigenvalue weighted by atomic mass is 14.6. The molecule has 0 bridgehead atoms. The Morgan fingerprint density at radius 3 is 2.73 bits per heavy atom. The van der Waals surface area contributed by atoms with Crippen LogP contribution >= 0.6 is 0 Å². The van der Waals surface area contributed by atoms with E-state index in [4.69, 9.17) is 5.73 Å². The van der Waals surface area contributed by atoms with Gasteiger partial charge in [-0.25, -0.2) is 0 Å². The molecule has 1 heteroatoms. The first-order chi connectivity index (χ1) is 7.29.